The highest BCUT2D eigenvalue weighted by atomic mass is 16.7. The van der Waals surface area contributed by atoms with Gasteiger partial charge in [-0.1, -0.05) is 27.7 Å². The average Bonchev–Trinajstić information content (AvgIpc) is 2.76. The van der Waals surface area contributed by atoms with Crippen LogP contribution >= 0.6 is 0 Å². The number of ketones is 1. The Labute approximate surface area is 204 Å². The summed E-state index contributed by atoms with van der Waals surface area (Å²) in [5.74, 6) is -0.172. The number of amides is 2. The van der Waals surface area contributed by atoms with Crippen LogP contribution in [0, 0.1) is 11.8 Å². The molecule has 34 heavy (non-hydrogen) atoms. The van der Waals surface area contributed by atoms with E-state index in [9.17, 15) is 14.4 Å². The van der Waals surface area contributed by atoms with Crippen LogP contribution in [0.1, 0.15) is 75.2 Å². The highest BCUT2D eigenvalue weighted by Gasteiger charge is 2.50. The van der Waals surface area contributed by atoms with Gasteiger partial charge < -0.3 is 29.6 Å². The molecule has 0 aliphatic carbocycles. The highest BCUT2D eigenvalue weighted by molar-refractivity contribution is 5.80. The zero-order valence-electron chi connectivity index (χ0n) is 22.1. The molecule has 2 aliphatic rings. The maximum absolute atomic E-state index is 12.1. The zero-order valence-corrected chi connectivity index (χ0v) is 22.1. The SMILES string of the molecule is CCC1O[C@@H](C)C(NC(C)=O)[C@@H](O[C@H](C)C(C)=O)[C@H]1O[C@H]1O[C@H](CC)[C@@H](C)C(C)C1NC(C)=O. The van der Waals surface area contributed by atoms with E-state index in [0.717, 1.165) is 6.42 Å². The lowest BCUT2D eigenvalue weighted by molar-refractivity contribution is -0.302. The minimum absolute atomic E-state index is 0.0322. The summed E-state index contributed by atoms with van der Waals surface area (Å²) < 4.78 is 25.4. The van der Waals surface area contributed by atoms with Crippen molar-refractivity contribution in [3.63, 3.8) is 0 Å². The zero-order chi connectivity index (χ0) is 25.7. The lowest BCUT2D eigenvalue weighted by atomic mass is 9.81. The highest BCUT2D eigenvalue weighted by Crippen LogP contribution is 2.36. The third-order valence-corrected chi connectivity index (χ3v) is 7.29. The first-order chi connectivity index (χ1) is 15.9. The molecule has 0 saturated carbocycles. The second-order valence-corrected chi connectivity index (χ2v) is 9.86. The fourth-order valence-electron chi connectivity index (χ4n) is 5.01. The smallest absolute Gasteiger partial charge is 0.217 e. The molecular formula is C25H44N2O7. The van der Waals surface area contributed by atoms with Crippen LogP contribution in [-0.2, 0) is 33.3 Å². The van der Waals surface area contributed by atoms with Gasteiger partial charge in [0.05, 0.1) is 30.4 Å². The topological polar surface area (TPSA) is 112 Å². The number of rotatable bonds is 9. The lowest BCUT2D eigenvalue weighted by Crippen LogP contribution is -2.67. The Bertz CT molecular complexity index is 717. The third-order valence-electron chi connectivity index (χ3n) is 7.29. The molecule has 9 nitrogen and oxygen atoms in total. The number of ether oxygens (including phenoxy) is 4. The van der Waals surface area contributed by atoms with Crippen molar-refractivity contribution < 1.29 is 33.3 Å². The Morgan fingerprint density at radius 1 is 0.824 bits per heavy atom. The second kappa shape index (κ2) is 12.4. The van der Waals surface area contributed by atoms with E-state index in [1.54, 1.807) is 6.92 Å². The quantitative estimate of drug-likeness (QED) is 0.517. The molecular weight excluding hydrogens is 440 g/mol. The fourth-order valence-corrected chi connectivity index (χ4v) is 5.01. The summed E-state index contributed by atoms with van der Waals surface area (Å²) in [5.41, 5.74) is 0. The van der Waals surface area contributed by atoms with E-state index < -0.39 is 30.6 Å². The molecule has 2 N–H and O–H groups in total. The fraction of sp³-hybridized carbons (Fsp3) is 0.880. The van der Waals surface area contributed by atoms with Gasteiger partial charge in [0.15, 0.2) is 12.1 Å². The molecule has 2 rings (SSSR count). The van der Waals surface area contributed by atoms with Crippen molar-refractivity contribution >= 4 is 17.6 Å². The average molecular weight is 485 g/mol. The lowest BCUT2D eigenvalue weighted by Gasteiger charge is -2.50. The normalized spacial score (nSPS) is 39.2. The molecule has 0 aromatic rings. The van der Waals surface area contributed by atoms with Gasteiger partial charge in [0.2, 0.25) is 11.8 Å². The number of nitrogens with one attached hydrogen (secondary N) is 2. The molecule has 2 heterocycles. The van der Waals surface area contributed by atoms with E-state index in [1.165, 1.54) is 20.8 Å². The summed E-state index contributed by atoms with van der Waals surface area (Å²) in [5, 5.41) is 5.94. The van der Waals surface area contributed by atoms with E-state index in [2.05, 4.69) is 31.4 Å². The van der Waals surface area contributed by atoms with Gasteiger partial charge in [-0.05, 0) is 45.4 Å². The van der Waals surface area contributed by atoms with Crippen LogP contribution < -0.4 is 10.6 Å². The number of hydrogen-bond acceptors (Lipinski definition) is 7. The van der Waals surface area contributed by atoms with Crippen molar-refractivity contribution in [3.05, 3.63) is 0 Å². The molecule has 0 radical (unpaired) electrons. The largest absolute Gasteiger partial charge is 0.370 e. The monoisotopic (exact) mass is 484 g/mol. The van der Waals surface area contributed by atoms with E-state index in [1.807, 2.05) is 13.8 Å². The summed E-state index contributed by atoms with van der Waals surface area (Å²) in [6.07, 6.45) is -1.97. The van der Waals surface area contributed by atoms with Gasteiger partial charge in [-0.3, -0.25) is 14.4 Å². The molecule has 2 fully saturated rings. The molecule has 4 unspecified atom stereocenters. The minimum Gasteiger partial charge on any atom is -0.370 e. The first-order valence-corrected chi connectivity index (χ1v) is 12.6. The van der Waals surface area contributed by atoms with Crippen LogP contribution in [0.25, 0.3) is 0 Å². The van der Waals surface area contributed by atoms with Gasteiger partial charge in [-0.15, -0.1) is 0 Å². The number of carbonyl (C=O) groups excluding carboxylic acids is 3. The summed E-state index contributed by atoms with van der Waals surface area (Å²) >= 11 is 0. The summed E-state index contributed by atoms with van der Waals surface area (Å²) in [6, 6.07) is -0.884. The van der Waals surface area contributed by atoms with Crippen LogP contribution in [0.3, 0.4) is 0 Å². The summed E-state index contributed by atoms with van der Waals surface area (Å²) in [6.45, 7) is 16.2. The Hall–Kier alpha value is -1.55. The van der Waals surface area contributed by atoms with Gasteiger partial charge in [-0.25, -0.2) is 0 Å². The van der Waals surface area contributed by atoms with Crippen LogP contribution in [0.4, 0.5) is 0 Å². The van der Waals surface area contributed by atoms with Gasteiger partial charge in [0.1, 0.15) is 18.3 Å². The predicted octanol–water partition coefficient (Wildman–Crippen LogP) is 2.35. The molecule has 11 atom stereocenters. The number of hydrogen-bond donors (Lipinski definition) is 2. The van der Waals surface area contributed by atoms with Crippen molar-refractivity contribution in [2.24, 2.45) is 11.8 Å². The number of carbonyl (C=O) groups is 3. The molecule has 2 amide bonds. The summed E-state index contributed by atoms with van der Waals surface area (Å²) in [4.78, 5) is 36.1. The van der Waals surface area contributed by atoms with E-state index >= 15 is 0 Å². The maximum atomic E-state index is 12.1. The first-order valence-electron chi connectivity index (χ1n) is 12.6. The third kappa shape index (κ3) is 6.77. The van der Waals surface area contributed by atoms with Crippen LogP contribution in [0.2, 0.25) is 0 Å². The predicted molar refractivity (Wildman–Crippen MR) is 127 cm³/mol. The van der Waals surface area contributed by atoms with Crippen molar-refractivity contribution in [2.75, 3.05) is 0 Å². The van der Waals surface area contributed by atoms with Crippen molar-refractivity contribution in [2.45, 2.75) is 130 Å². The Balaban J connectivity index is 2.44. The van der Waals surface area contributed by atoms with E-state index in [0.29, 0.717) is 6.42 Å². The first kappa shape index (κ1) is 28.7. The van der Waals surface area contributed by atoms with Gasteiger partial charge in [-0.2, -0.15) is 0 Å². The molecule has 2 saturated heterocycles. The molecule has 196 valence electrons. The van der Waals surface area contributed by atoms with E-state index in [4.69, 9.17) is 18.9 Å². The molecule has 0 aromatic heterocycles. The Morgan fingerprint density at radius 2 is 1.38 bits per heavy atom. The maximum Gasteiger partial charge on any atom is 0.217 e. The standard InChI is InChI=1S/C25H44N2O7/c1-10-19-12(3)13(4)21(26-17(8)29)25(33-19)34-23-20(11-2)31-16(7)22(27-18(9)30)24(23)32-15(6)14(5)28/h12-13,15-16,19-25H,10-11H2,1-9H3,(H,26,29)(H,27,30)/t12-,13?,15+,16-,19+,20?,21?,22?,23-,24+,25+/m0/s1. The van der Waals surface area contributed by atoms with Gasteiger partial charge in [0, 0.05) is 13.8 Å². The summed E-state index contributed by atoms with van der Waals surface area (Å²) in [7, 11) is 0. The second-order valence-electron chi connectivity index (χ2n) is 9.86. The molecule has 0 spiro atoms. The molecule has 0 bridgehead atoms. The van der Waals surface area contributed by atoms with Crippen molar-refractivity contribution in [1.82, 2.24) is 10.6 Å². The Morgan fingerprint density at radius 3 is 1.88 bits per heavy atom. The van der Waals surface area contributed by atoms with Gasteiger partial charge in [0.25, 0.3) is 0 Å². The Kier molecular flexibility index (Phi) is 10.5. The van der Waals surface area contributed by atoms with E-state index in [-0.39, 0.29) is 53.8 Å². The van der Waals surface area contributed by atoms with Crippen molar-refractivity contribution in [3.8, 4) is 0 Å². The van der Waals surface area contributed by atoms with Crippen LogP contribution in [0.5, 0.6) is 0 Å². The van der Waals surface area contributed by atoms with Crippen LogP contribution in [-0.4, -0.2) is 72.6 Å². The van der Waals surface area contributed by atoms with Crippen molar-refractivity contribution in [1.29, 1.82) is 0 Å². The van der Waals surface area contributed by atoms with Crippen LogP contribution in [0.15, 0.2) is 0 Å². The minimum atomic E-state index is -0.729. The molecule has 9 heteroatoms. The molecule has 2 aliphatic heterocycles. The molecule has 0 aromatic carbocycles. The number of Topliss-reactive ketones (excluding diaryl/α,β-unsaturated/α-hetero) is 1. The van der Waals surface area contributed by atoms with Gasteiger partial charge >= 0.3 is 0 Å².